The number of nitrogens with zero attached hydrogens (tertiary/aromatic N) is 3. The van der Waals surface area contributed by atoms with Gasteiger partial charge in [0.25, 0.3) is 0 Å². The van der Waals surface area contributed by atoms with Crippen LogP contribution in [-0.2, 0) is 13.1 Å². The Morgan fingerprint density at radius 2 is 2.08 bits per heavy atom. The third-order valence-electron chi connectivity index (χ3n) is 3.63. The van der Waals surface area contributed by atoms with Crippen molar-refractivity contribution in [1.82, 2.24) is 20.4 Å². The molecular weight excluding hydrogens is 390 g/mol. The van der Waals surface area contributed by atoms with Gasteiger partial charge in [-0.05, 0) is 44.0 Å². The van der Waals surface area contributed by atoms with Gasteiger partial charge in [0.1, 0.15) is 0 Å². The lowest BCUT2D eigenvalue weighted by molar-refractivity contribution is 0.555. The number of hydrogen-bond acceptors (Lipinski definition) is 2. The molecule has 130 valence electrons. The fourth-order valence-corrected chi connectivity index (χ4v) is 3.14. The molecule has 2 aromatic rings. The Hall–Kier alpha value is -1.53. The van der Waals surface area contributed by atoms with Crippen molar-refractivity contribution in [2.45, 2.75) is 33.4 Å². The van der Waals surface area contributed by atoms with Crippen LogP contribution in [-0.4, -0.2) is 29.3 Å². The van der Waals surface area contributed by atoms with Gasteiger partial charge in [-0.3, -0.25) is 9.67 Å². The molecule has 0 saturated heterocycles. The molecule has 5 nitrogen and oxygen atoms in total. The third-order valence-corrected chi connectivity index (χ3v) is 4.47. The van der Waals surface area contributed by atoms with E-state index in [0.717, 1.165) is 46.2 Å². The molecule has 1 heterocycles. The summed E-state index contributed by atoms with van der Waals surface area (Å²) in [6.07, 6.45) is 0.974. The van der Waals surface area contributed by atoms with E-state index in [2.05, 4.69) is 49.6 Å². The highest BCUT2D eigenvalue weighted by molar-refractivity contribution is 9.10. The van der Waals surface area contributed by atoms with Gasteiger partial charge in [0.15, 0.2) is 5.96 Å². The van der Waals surface area contributed by atoms with Crippen molar-refractivity contribution in [2.24, 2.45) is 4.99 Å². The van der Waals surface area contributed by atoms with E-state index in [1.165, 1.54) is 5.69 Å². The molecule has 0 radical (unpaired) electrons. The van der Waals surface area contributed by atoms with Crippen molar-refractivity contribution in [3.05, 3.63) is 50.7 Å². The van der Waals surface area contributed by atoms with Gasteiger partial charge in [-0.2, -0.15) is 5.10 Å². The van der Waals surface area contributed by atoms with E-state index >= 15 is 0 Å². The Kier molecular flexibility index (Phi) is 7.12. The summed E-state index contributed by atoms with van der Waals surface area (Å²) in [6.45, 7) is 6.44. The maximum absolute atomic E-state index is 6.23. The standard InChI is InChI=1S/C17H23BrClN5/c1-12-9-13(2)24(23-12)8-4-7-21-17(20-3)22-11-14-5-6-15(18)10-16(14)19/h5-6,9-10H,4,7-8,11H2,1-3H3,(H2,20,21,22). The fourth-order valence-electron chi connectivity index (χ4n) is 2.40. The van der Waals surface area contributed by atoms with Crippen molar-refractivity contribution in [1.29, 1.82) is 0 Å². The minimum absolute atomic E-state index is 0.628. The van der Waals surface area contributed by atoms with Crippen LogP contribution in [0.3, 0.4) is 0 Å². The summed E-state index contributed by atoms with van der Waals surface area (Å²) in [5.41, 5.74) is 3.29. The number of aromatic nitrogens is 2. The average Bonchev–Trinajstić information content (AvgIpc) is 2.86. The number of aryl methyl sites for hydroxylation is 3. The van der Waals surface area contributed by atoms with Crippen molar-refractivity contribution in [2.75, 3.05) is 13.6 Å². The van der Waals surface area contributed by atoms with Crippen LogP contribution < -0.4 is 10.6 Å². The van der Waals surface area contributed by atoms with Crippen LogP contribution in [0.2, 0.25) is 5.02 Å². The van der Waals surface area contributed by atoms with Crippen LogP contribution in [0, 0.1) is 13.8 Å². The minimum atomic E-state index is 0.628. The quantitative estimate of drug-likeness (QED) is 0.432. The number of benzene rings is 1. The van der Waals surface area contributed by atoms with E-state index < -0.39 is 0 Å². The molecule has 0 aliphatic rings. The second kappa shape index (κ2) is 9.08. The first kappa shape index (κ1) is 18.8. The van der Waals surface area contributed by atoms with Crippen molar-refractivity contribution in [3.63, 3.8) is 0 Å². The maximum Gasteiger partial charge on any atom is 0.191 e. The number of hydrogen-bond donors (Lipinski definition) is 2. The highest BCUT2D eigenvalue weighted by Gasteiger charge is 2.04. The molecule has 0 atom stereocenters. The summed E-state index contributed by atoms with van der Waals surface area (Å²) in [5, 5.41) is 11.8. The molecule has 0 aliphatic heterocycles. The number of halogens is 2. The highest BCUT2D eigenvalue weighted by atomic mass is 79.9. The summed E-state index contributed by atoms with van der Waals surface area (Å²) < 4.78 is 3.01. The first-order valence-electron chi connectivity index (χ1n) is 7.89. The Morgan fingerprint density at radius 3 is 2.71 bits per heavy atom. The Balaban J connectivity index is 1.75. The first-order valence-corrected chi connectivity index (χ1v) is 9.06. The number of guanidine groups is 1. The van der Waals surface area contributed by atoms with Crippen LogP contribution >= 0.6 is 27.5 Å². The molecule has 0 aliphatic carbocycles. The van der Waals surface area contributed by atoms with Crippen molar-refractivity contribution < 1.29 is 0 Å². The molecule has 2 N–H and O–H groups in total. The number of aliphatic imine (C=N–C) groups is 1. The molecule has 24 heavy (non-hydrogen) atoms. The largest absolute Gasteiger partial charge is 0.356 e. The molecule has 2 rings (SSSR count). The van der Waals surface area contributed by atoms with Crippen molar-refractivity contribution in [3.8, 4) is 0 Å². The number of rotatable bonds is 6. The van der Waals surface area contributed by atoms with Crippen molar-refractivity contribution >= 4 is 33.5 Å². The number of nitrogens with one attached hydrogen (secondary N) is 2. The lowest BCUT2D eigenvalue weighted by Gasteiger charge is -2.13. The summed E-state index contributed by atoms with van der Waals surface area (Å²) >= 11 is 9.64. The van der Waals surface area contributed by atoms with E-state index in [0.29, 0.717) is 6.54 Å². The fraction of sp³-hybridized carbons (Fsp3) is 0.412. The third kappa shape index (κ3) is 5.53. The monoisotopic (exact) mass is 411 g/mol. The molecular formula is C17H23BrClN5. The van der Waals surface area contributed by atoms with E-state index in [4.69, 9.17) is 11.6 Å². The van der Waals surface area contributed by atoms with Crippen LogP contribution in [0.4, 0.5) is 0 Å². The van der Waals surface area contributed by atoms with Crippen LogP contribution in [0.25, 0.3) is 0 Å². The molecule has 0 spiro atoms. The Bertz CT molecular complexity index is 711. The lowest BCUT2D eigenvalue weighted by atomic mass is 10.2. The van der Waals surface area contributed by atoms with E-state index in [9.17, 15) is 0 Å². The van der Waals surface area contributed by atoms with Gasteiger partial charge >= 0.3 is 0 Å². The second-order valence-corrected chi connectivity index (χ2v) is 6.91. The zero-order valence-electron chi connectivity index (χ0n) is 14.2. The topological polar surface area (TPSA) is 54.2 Å². The van der Waals surface area contributed by atoms with Gasteiger partial charge in [0.2, 0.25) is 0 Å². The summed E-state index contributed by atoms with van der Waals surface area (Å²) in [7, 11) is 1.76. The van der Waals surface area contributed by atoms with E-state index in [1.807, 2.05) is 29.8 Å². The van der Waals surface area contributed by atoms with E-state index in [-0.39, 0.29) is 0 Å². The van der Waals surface area contributed by atoms with Gasteiger partial charge in [-0.25, -0.2) is 0 Å². The SMILES string of the molecule is CN=C(NCCCn1nc(C)cc1C)NCc1ccc(Br)cc1Cl. The predicted molar refractivity (Wildman–Crippen MR) is 104 cm³/mol. The Labute approximate surface area is 156 Å². The molecule has 7 heteroatoms. The smallest absolute Gasteiger partial charge is 0.191 e. The Morgan fingerprint density at radius 1 is 1.29 bits per heavy atom. The molecule has 0 fully saturated rings. The van der Waals surface area contributed by atoms with Crippen LogP contribution in [0.1, 0.15) is 23.4 Å². The molecule has 1 aromatic carbocycles. The second-order valence-electron chi connectivity index (χ2n) is 5.59. The van der Waals surface area contributed by atoms with E-state index in [1.54, 1.807) is 7.05 Å². The van der Waals surface area contributed by atoms with Gasteiger partial charge in [-0.1, -0.05) is 33.6 Å². The first-order chi connectivity index (χ1) is 11.5. The summed E-state index contributed by atoms with van der Waals surface area (Å²) in [5.74, 6) is 0.766. The van der Waals surface area contributed by atoms with Gasteiger partial charge in [-0.15, -0.1) is 0 Å². The van der Waals surface area contributed by atoms with Crippen LogP contribution in [0.5, 0.6) is 0 Å². The molecule has 1 aromatic heterocycles. The average molecular weight is 413 g/mol. The van der Waals surface area contributed by atoms with Gasteiger partial charge in [0, 0.05) is 41.9 Å². The minimum Gasteiger partial charge on any atom is -0.356 e. The van der Waals surface area contributed by atoms with Gasteiger partial charge in [0.05, 0.1) is 5.69 Å². The summed E-state index contributed by atoms with van der Waals surface area (Å²) in [6, 6.07) is 7.96. The molecule has 0 amide bonds. The predicted octanol–water partition coefficient (Wildman–Crippen LogP) is 3.67. The molecule has 0 bridgehead atoms. The molecule has 0 saturated carbocycles. The van der Waals surface area contributed by atoms with Crippen LogP contribution in [0.15, 0.2) is 33.7 Å². The lowest BCUT2D eigenvalue weighted by Crippen LogP contribution is -2.37. The maximum atomic E-state index is 6.23. The highest BCUT2D eigenvalue weighted by Crippen LogP contribution is 2.21. The summed E-state index contributed by atoms with van der Waals surface area (Å²) in [4.78, 5) is 4.24. The zero-order chi connectivity index (χ0) is 17.5. The zero-order valence-corrected chi connectivity index (χ0v) is 16.6. The molecule has 0 unspecified atom stereocenters. The normalized spacial score (nSPS) is 11.6. The van der Waals surface area contributed by atoms with Gasteiger partial charge < -0.3 is 10.6 Å².